The summed E-state index contributed by atoms with van der Waals surface area (Å²) in [5.41, 5.74) is 2.86. The second-order valence-corrected chi connectivity index (χ2v) is 8.14. The number of aliphatic imine (C=N–C) groups is 1. The van der Waals surface area contributed by atoms with E-state index < -0.39 is 18.1 Å². The van der Waals surface area contributed by atoms with Crippen molar-refractivity contribution in [3.05, 3.63) is 59.7 Å². The summed E-state index contributed by atoms with van der Waals surface area (Å²) in [5.74, 6) is -0.340. The minimum absolute atomic E-state index is 0.0456. The van der Waals surface area contributed by atoms with Crippen LogP contribution in [0, 0.1) is 6.92 Å². The summed E-state index contributed by atoms with van der Waals surface area (Å²) in [6, 6.07) is 7.17. The topological polar surface area (TPSA) is 80.2 Å². The first kappa shape index (κ1) is 25.9. The van der Waals surface area contributed by atoms with Crippen molar-refractivity contribution in [3.63, 3.8) is 0 Å². The van der Waals surface area contributed by atoms with E-state index in [2.05, 4.69) is 21.6 Å². The van der Waals surface area contributed by atoms with Gasteiger partial charge in [0.25, 0.3) is 0 Å². The molecule has 33 heavy (non-hydrogen) atoms. The van der Waals surface area contributed by atoms with Gasteiger partial charge in [0.2, 0.25) is 0 Å². The smallest absolute Gasteiger partial charge is 0.444 e. The third-order valence-corrected chi connectivity index (χ3v) is 4.44. The molecule has 2 rings (SSSR count). The summed E-state index contributed by atoms with van der Waals surface area (Å²) in [5, 5.41) is 12.7. The highest BCUT2D eigenvalue weighted by Crippen LogP contribution is 2.37. The van der Waals surface area contributed by atoms with Gasteiger partial charge >= 0.3 is 12.5 Å². The number of benzene rings is 2. The molecule has 9 heteroatoms. The van der Waals surface area contributed by atoms with Crippen LogP contribution in [0.4, 0.5) is 23.7 Å². The van der Waals surface area contributed by atoms with Crippen molar-refractivity contribution in [1.29, 1.82) is 0 Å². The van der Waals surface area contributed by atoms with Gasteiger partial charge in [-0.1, -0.05) is 24.8 Å². The molecule has 2 N–H and O–H groups in total. The molecule has 0 radical (unpaired) electrons. The van der Waals surface area contributed by atoms with E-state index in [4.69, 9.17) is 4.74 Å². The summed E-state index contributed by atoms with van der Waals surface area (Å²) in [6.45, 7) is 10.3. The second kappa shape index (κ2) is 10.5. The highest BCUT2D eigenvalue weighted by molar-refractivity contribution is 5.81. The zero-order chi connectivity index (χ0) is 24.8. The summed E-state index contributed by atoms with van der Waals surface area (Å²) < 4.78 is 46.6. The Morgan fingerprint density at radius 1 is 1.21 bits per heavy atom. The summed E-state index contributed by atoms with van der Waals surface area (Å²) in [6.07, 6.45) is -2.46. The molecule has 0 bridgehead atoms. The number of allylic oxidation sites excluding steroid dienone is 1. The number of aliphatic hydroxyl groups is 1. The Labute approximate surface area is 190 Å². The number of hydrogen-bond acceptors (Lipinski definition) is 5. The molecule has 0 heterocycles. The van der Waals surface area contributed by atoms with E-state index in [1.165, 1.54) is 36.6 Å². The number of nitrogens with zero attached hydrogens (tertiary/aromatic N) is 1. The van der Waals surface area contributed by atoms with Crippen LogP contribution in [-0.2, 0) is 17.9 Å². The molecule has 0 atom stereocenters. The van der Waals surface area contributed by atoms with Gasteiger partial charge < -0.3 is 19.9 Å². The molecular weight excluding hydrogens is 437 g/mol. The largest absolute Gasteiger partial charge is 0.573 e. The van der Waals surface area contributed by atoms with Gasteiger partial charge in [-0.25, -0.2) is 4.79 Å². The number of carbonyl (C=O) groups is 1. The molecule has 0 saturated carbocycles. The molecule has 0 aliphatic rings. The lowest BCUT2D eigenvalue weighted by Gasteiger charge is -2.21. The minimum Gasteiger partial charge on any atom is -0.444 e. The Bertz CT molecular complexity index is 1020. The van der Waals surface area contributed by atoms with Gasteiger partial charge in [0.05, 0.1) is 12.3 Å². The molecule has 0 saturated heterocycles. The van der Waals surface area contributed by atoms with E-state index in [1.807, 2.05) is 0 Å². The highest BCUT2D eigenvalue weighted by Gasteiger charge is 2.31. The first-order valence-electron chi connectivity index (χ1n) is 10.1. The van der Waals surface area contributed by atoms with Crippen LogP contribution >= 0.6 is 0 Å². The fraction of sp³-hybridized carbons (Fsp3) is 0.333. The van der Waals surface area contributed by atoms with Crippen molar-refractivity contribution >= 4 is 18.0 Å². The molecule has 0 aromatic heterocycles. The normalized spacial score (nSPS) is 12.0. The van der Waals surface area contributed by atoms with E-state index in [9.17, 15) is 23.1 Å². The van der Waals surface area contributed by atoms with Gasteiger partial charge in [-0.2, -0.15) is 0 Å². The number of aliphatic hydroxyl groups excluding tert-OH is 1. The number of hydrogen-bond donors (Lipinski definition) is 2. The average Bonchev–Trinajstić information content (AvgIpc) is 2.69. The van der Waals surface area contributed by atoms with E-state index in [-0.39, 0.29) is 18.9 Å². The number of halogens is 3. The minimum atomic E-state index is -4.78. The van der Waals surface area contributed by atoms with E-state index in [0.717, 1.165) is 0 Å². The van der Waals surface area contributed by atoms with Crippen molar-refractivity contribution in [2.24, 2.45) is 4.99 Å². The van der Waals surface area contributed by atoms with Crippen LogP contribution in [0.15, 0.2) is 48.0 Å². The number of alkyl carbamates (subject to hydrolysis) is 1. The van der Waals surface area contributed by atoms with Crippen molar-refractivity contribution in [1.82, 2.24) is 5.32 Å². The number of rotatable bonds is 7. The molecule has 0 spiro atoms. The summed E-state index contributed by atoms with van der Waals surface area (Å²) in [4.78, 5) is 16.5. The lowest BCUT2D eigenvalue weighted by atomic mass is 9.92. The maximum atomic E-state index is 12.5. The van der Waals surface area contributed by atoms with Crippen LogP contribution in [0.25, 0.3) is 11.1 Å². The summed E-state index contributed by atoms with van der Waals surface area (Å²) in [7, 11) is 0. The van der Waals surface area contributed by atoms with E-state index in [0.29, 0.717) is 33.5 Å². The van der Waals surface area contributed by atoms with Crippen LogP contribution < -0.4 is 10.1 Å². The van der Waals surface area contributed by atoms with Crippen LogP contribution in [0.3, 0.4) is 0 Å². The van der Waals surface area contributed by atoms with Gasteiger partial charge in [0.15, 0.2) is 0 Å². The standard InChI is InChI=1S/C24H27F3N2O4/c1-6-11-28-21-15(2)19(16-7-9-18(10-8-16)32-24(25,26)27)12-17(20(21)14-30)13-29-22(31)33-23(3,4)5/h6-12,30H,1,13-14H2,2-5H3,(H,29,31). The van der Waals surface area contributed by atoms with Gasteiger partial charge in [0.1, 0.15) is 11.4 Å². The predicted molar refractivity (Wildman–Crippen MR) is 121 cm³/mol. The predicted octanol–water partition coefficient (Wildman–Crippen LogP) is 5.97. The molecular formula is C24H27F3N2O4. The van der Waals surface area contributed by atoms with Crippen molar-refractivity contribution in [2.75, 3.05) is 0 Å². The van der Waals surface area contributed by atoms with Crippen LogP contribution in [0.1, 0.15) is 37.5 Å². The van der Waals surface area contributed by atoms with Crippen LogP contribution in [0.5, 0.6) is 5.75 Å². The SMILES string of the molecule is C=CC=Nc1c(C)c(-c2ccc(OC(F)(F)F)cc2)cc(CNC(=O)OC(C)(C)C)c1CO. The fourth-order valence-corrected chi connectivity index (χ4v) is 3.13. The number of amides is 1. The molecule has 0 fully saturated rings. The molecule has 1 amide bonds. The Hall–Kier alpha value is -3.33. The Morgan fingerprint density at radius 2 is 1.85 bits per heavy atom. The lowest BCUT2D eigenvalue weighted by Crippen LogP contribution is -2.32. The molecule has 6 nitrogen and oxygen atoms in total. The van der Waals surface area contributed by atoms with E-state index in [1.54, 1.807) is 33.8 Å². The fourth-order valence-electron chi connectivity index (χ4n) is 3.13. The number of alkyl halides is 3. The maximum Gasteiger partial charge on any atom is 0.573 e. The zero-order valence-corrected chi connectivity index (χ0v) is 18.9. The monoisotopic (exact) mass is 464 g/mol. The highest BCUT2D eigenvalue weighted by atomic mass is 19.4. The maximum absolute atomic E-state index is 12.5. The van der Waals surface area contributed by atoms with Gasteiger partial charge in [-0.05, 0) is 68.1 Å². The van der Waals surface area contributed by atoms with Crippen molar-refractivity contribution < 1.29 is 32.5 Å². The van der Waals surface area contributed by atoms with Crippen LogP contribution in [-0.4, -0.2) is 29.4 Å². The molecule has 2 aromatic carbocycles. The van der Waals surface area contributed by atoms with E-state index >= 15 is 0 Å². The number of ether oxygens (including phenoxy) is 2. The van der Waals surface area contributed by atoms with Crippen molar-refractivity contribution in [2.45, 2.75) is 52.8 Å². The Kier molecular flexibility index (Phi) is 8.27. The van der Waals surface area contributed by atoms with Gasteiger partial charge in [0, 0.05) is 18.3 Å². The van der Waals surface area contributed by atoms with Gasteiger partial charge in [-0.15, -0.1) is 13.2 Å². The quantitative estimate of drug-likeness (QED) is 0.495. The molecule has 178 valence electrons. The second-order valence-electron chi connectivity index (χ2n) is 8.14. The van der Waals surface area contributed by atoms with Crippen molar-refractivity contribution in [3.8, 4) is 16.9 Å². The van der Waals surface area contributed by atoms with Crippen LogP contribution in [0.2, 0.25) is 0 Å². The molecule has 0 aliphatic heterocycles. The molecule has 0 aliphatic carbocycles. The average molecular weight is 464 g/mol. The van der Waals surface area contributed by atoms with Gasteiger partial charge in [-0.3, -0.25) is 4.99 Å². The third kappa shape index (κ3) is 7.64. The lowest BCUT2D eigenvalue weighted by molar-refractivity contribution is -0.274. The first-order chi connectivity index (χ1) is 15.3. The number of carbonyl (C=O) groups excluding carboxylic acids is 1. The Morgan fingerprint density at radius 3 is 2.36 bits per heavy atom. The zero-order valence-electron chi connectivity index (χ0n) is 18.9. The molecule has 0 unspecified atom stereocenters. The first-order valence-corrected chi connectivity index (χ1v) is 10.1. The number of nitrogens with one attached hydrogen (secondary N) is 1. The molecule has 2 aromatic rings. The summed E-state index contributed by atoms with van der Waals surface area (Å²) >= 11 is 0. The third-order valence-electron chi connectivity index (χ3n) is 4.44. The Balaban J connectivity index is 2.50.